The fourth-order valence-corrected chi connectivity index (χ4v) is 7.04. The van der Waals surface area contributed by atoms with Gasteiger partial charge in [-0.1, -0.05) is 133 Å². The molecule has 0 saturated heterocycles. The van der Waals surface area contributed by atoms with Gasteiger partial charge in [-0.3, -0.25) is 4.99 Å². The van der Waals surface area contributed by atoms with E-state index in [1.54, 1.807) is 18.2 Å². The predicted molar refractivity (Wildman–Crippen MR) is 189 cm³/mol. The van der Waals surface area contributed by atoms with E-state index in [-0.39, 0.29) is 17.3 Å². The fraction of sp³-hybridized carbons (Fsp3) is 0.0465. The topological polar surface area (TPSA) is 24.4 Å². The Kier molecular flexibility index (Phi) is 6.19. The monoisotopic (exact) mass is 610 g/mol. The van der Waals surface area contributed by atoms with Crippen LogP contribution < -0.4 is 5.32 Å². The Hall–Kier alpha value is -5.87. The van der Waals surface area contributed by atoms with E-state index in [1.807, 2.05) is 42.5 Å². The summed E-state index contributed by atoms with van der Waals surface area (Å²) in [5, 5.41) is 8.12. The van der Waals surface area contributed by atoms with Crippen molar-refractivity contribution in [3.8, 4) is 22.3 Å². The lowest BCUT2D eigenvalue weighted by molar-refractivity contribution is 0.0480. The normalized spacial score (nSPS) is 16.3. The van der Waals surface area contributed by atoms with Crippen LogP contribution in [0, 0.1) is 0 Å². The number of allylic oxidation sites excluding steroid dienone is 1. The van der Waals surface area contributed by atoms with E-state index in [2.05, 4.69) is 96.3 Å². The first kappa shape index (κ1) is 27.4. The van der Waals surface area contributed by atoms with Gasteiger partial charge in [-0.15, -0.1) is 0 Å². The molecule has 7 aromatic rings. The Morgan fingerprint density at radius 3 is 2.06 bits per heavy atom. The number of rotatable bonds is 4. The van der Waals surface area contributed by atoms with Crippen LogP contribution in [0.1, 0.15) is 34.0 Å². The van der Waals surface area contributed by atoms with Crippen molar-refractivity contribution in [1.29, 1.82) is 0 Å². The van der Waals surface area contributed by atoms with Crippen LogP contribution in [0.4, 0.5) is 8.78 Å². The summed E-state index contributed by atoms with van der Waals surface area (Å²) in [6.07, 6.45) is 1.87. The second-order valence-corrected chi connectivity index (χ2v) is 12.2. The van der Waals surface area contributed by atoms with E-state index in [4.69, 9.17) is 4.99 Å². The Bertz CT molecular complexity index is 2420. The van der Waals surface area contributed by atoms with Crippen LogP contribution in [0.15, 0.2) is 163 Å². The Labute approximate surface area is 271 Å². The van der Waals surface area contributed by atoms with Gasteiger partial charge in [-0.2, -0.15) is 8.78 Å². The summed E-state index contributed by atoms with van der Waals surface area (Å²) in [5.41, 5.74) is 8.09. The van der Waals surface area contributed by atoms with Crippen LogP contribution in [0.25, 0.3) is 49.5 Å². The van der Waals surface area contributed by atoms with E-state index >= 15 is 8.78 Å². The number of hydrogen-bond donors (Lipinski definition) is 1. The summed E-state index contributed by atoms with van der Waals surface area (Å²) in [6, 6.07) is 49.8. The van der Waals surface area contributed by atoms with Gasteiger partial charge in [0.2, 0.25) is 0 Å². The van der Waals surface area contributed by atoms with Gasteiger partial charge >= 0.3 is 0 Å². The zero-order chi connectivity index (χ0) is 31.5. The molecule has 7 aromatic carbocycles. The van der Waals surface area contributed by atoms with Crippen molar-refractivity contribution in [3.63, 3.8) is 0 Å². The van der Waals surface area contributed by atoms with Crippen molar-refractivity contribution in [3.05, 3.63) is 186 Å². The molecule has 1 N–H and O–H groups in total. The molecule has 1 atom stereocenters. The number of hydrogen-bond acceptors (Lipinski definition) is 2. The average molecular weight is 611 g/mol. The molecule has 0 aromatic heterocycles. The van der Waals surface area contributed by atoms with Gasteiger partial charge in [0.1, 0.15) is 6.17 Å². The summed E-state index contributed by atoms with van der Waals surface area (Å²) in [5.74, 6) is -3.02. The Morgan fingerprint density at radius 1 is 0.511 bits per heavy atom. The lowest BCUT2D eigenvalue weighted by atomic mass is 9.94. The Morgan fingerprint density at radius 2 is 1.17 bits per heavy atom. The van der Waals surface area contributed by atoms with Crippen LogP contribution in [-0.2, 0) is 5.92 Å². The largest absolute Gasteiger partial charge is 0.360 e. The molecule has 1 aliphatic carbocycles. The van der Waals surface area contributed by atoms with Gasteiger partial charge in [0.15, 0.2) is 0 Å². The van der Waals surface area contributed by atoms with Crippen LogP contribution in [0.2, 0.25) is 0 Å². The van der Waals surface area contributed by atoms with Gasteiger partial charge in [-0.25, -0.2) is 0 Å². The standard InChI is InChI=1S/C43H28F2N2/c44-43(45)38-16-7-6-14-35(38)36-22-21-31(25-39(36)43)30-19-17-27-18-20-32(24-33(27)23-30)40-26-41(47-42(46-40)29-10-2-1-3-11-29)37-15-8-12-28-9-4-5-13-34(28)37/h1-26,42,46H. The van der Waals surface area contributed by atoms with Crippen molar-refractivity contribution in [2.45, 2.75) is 12.1 Å². The van der Waals surface area contributed by atoms with E-state index in [0.29, 0.717) is 11.1 Å². The van der Waals surface area contributed by atoms with Gasteiger partial charge in [0.05, 0.1) is 5.71 Å². The minimum Gasteiger partial charge on any atom is -0.360 e. The van der Waals surface area contributed by atoms with E-state index < -0.39 is 5.92 Å². The highest BCUT2D eigenvalue weighted by Crippen LogP contribution is 2.51. The zero-order valence-electron chi connectivity index (χ0n) is 25.3. The third kappa shape index (κ3) is 4.56. The van der Waals surface area contributed by atoms with Crippen molar-refractivity contribution in [1.82, 2.24) is 5.32 Å². The van der Waals surface area contributed by atoms with Crippen LogP contribution in [0.5, 0.6) is 0 Å². The molecule has 224 valence electrons. The molecule has 2 nitrogen and oxygen atoms in total. The third-order valence-corrected chi connectivity index (χ3v) is 9.42. The molecular formula is C43H28F2N2. The van der Waals surface area contributed by atoms with Crippen molar-refractivity contribution in [2.24, 2.45) is 4.99 Å². The van der Waals surface area contributed by atoms with Gasteiger partial charge in [0.25, 0.3) is 5.92 Å². The molecule has 1 unspecified atom stereocenters. The summed E-state index contributed by atoms with van der Waals surface area (Å²) >= 11 is 0. The highest BCUT2D eigenvalue weighted by atomic mass is 19.3. The number of benzene rings is 7. The van der Waals surface area contributed by atoms with Crippen molar-refractivity contribution in [2.75, 3.05) is 0 Å². The lowest BCUT2D eigenvalue weighted by Gasteiger charge is -2.25. The maximum atomic E-state index is 15.5. The second-order valence-electron chi connectivity index (χ2n) is 12.2. The molecule has 1 heterocycles. The van der Waals surface area contributed by atoms with E-state index in [0.717, 1.165) is 55.4 Å². The van der Waals surface area contributed by atoms with Gasteiger partial charge in [0, 0.05) is 22.4 Å². The van der Waals surface area contributed by atoms with Gasteiger partial charge < -0.3 is 5.32 Å². The predicted octanol–water partition coefficient (Wildman–Crippen LogP) is 10.9. The number of alkyl halides is 2. The maximum absolute atomic E-state index is 15.5. The number of nitrogens with one attached hydrogen (secondary N) is 1. The third-order valence-electron chi connectivity index (χ3n) is 9.42. The fourth-order valence-electron chi connectivity index (χ4n) is 7.04. The minimum atomic E-state index is -3.02. The first-order valence-corrected chi connectivity index (χ1v) is 15.8. The number of nitrogens with zero attached hydrogens (tertiary/aromatic N) is 1. The summed E-state index contributed by atoms with van der Waals surface area (Å²) < 4.78 is 31.0. The molecule has 9 rings (SSSR count). The summed E-state index contributed by atoms with van der Waals surface area (Å²) in [6.45, 7) is 0. The van der Waals surface area contributed by atoms with Crippen LogP contribution in [0.3, 0.4) is 0 Å². The Balaban J connectivity index is 1.13. The summed E-state index contributed by atoms with van der Waals surface area (Å²) in [4.78, 5) is 5.19. The highest BCUT2D eigenvalue weighted by Gasteiger charge is 2.44. The molecule has 0 spiro atoms. The molecule has 1 aliphatic heterocycles. The minimum absolute atomic E-state index is 0.0637. The zero-order valence-corrected chi connectivity index (χ0v) is 25.3. The van der Waals surface area contributed by atoms with Crippen molar-refractivity contribution >= 4 is 33.0 Å². The van der Waals surface area contributed by atoms with E-state index in [1.165, 1.54) is 11.5 Å². The number of aliphatic imine (C=N–C) groups is 1. The first-order chi connectivity index (χ1) is 23.0. The van der Waals surface area contributed by atoms with Crippen LogP contribution >= 0.6 is 0 Å². The quantitative estimate of drug-likeness (QED) is 0.211. The molecule has 0 fully saturated rings. The number of halogens is 2. The van der Waals surface area contributed by atoms with Gasteiger partial charge in [-0.05, 0) is 79.2 Å². The second kappa shape index (κ2) is 10.6. The molecule has 2 aliphatic rings. The SMILES string of the molecule is FC1(F)c2ccccc2-c2ccc(-c3ccc4ccc(C5=CC(c6cccc7ccccc67)=NC(c6ccccc6)N5)cc4c3)cc21. The molecule has 0 radical (unpaired) electrons. The molecule has 0 bridgehead atoms. The van der Waals surface area contributed by atoms with E-state index in [9.17, 15) is 0 Å². The molecular weight excluding hydrogens is 582 g/mol. The average Bonchev–Trinajstić information content (AvgIpc) is 3.36. The molecule has 0 saturated carbocycles. The highest BCUT2D eigenvalue weighted by molar-refractivity contribution is 6.19. The van der Waals surface area contributed by atoms with Crippen molar-refractivity contribution < 1.29 is 8.78 Å². The molecule has 47 heavy (non-hydrogen) atoms. The smallest absolute Gasteiger partial charge is 0.299 e. The molecule has 4 heteroatoms. The van der Waals surface area contributed by atoms with Crippen LogP contribution in [-0.4, -0.2) is 5.71 Å². The molecule has 0 amide bonds. The lowest BCUT2D eigenvalue weighted by Crippen LogP contribution is -2.24. The number of fused-ring (bicyclic) bond motifs is 5. The maximum Gasteiger partial charge on any atom is 0.299 e. The first-order valence-electron chi connectivity index (χ1n) is 15.8. The summed E-state index contributed by atoms with van der Waals surface area (Å²) in [7, 11) is 0.